The number of aromatic nitrogens is 1. The topological polar surface area (TPSA) is 4.93 Å². The molecule has 6 heteroatoms. The second kappa shape index (κ2) is 16.5. The highest BCUT2D eigenvalue weighted by molar-refractivity contribution is 14.1. The molecule has 1 aliphatic carbocycles. The summed E-state index contributed by atoms with van der Waals surface area (Å²) < 4.78 is 71.4. The van der Waals surface area contributed by atoms with Crippen molar-refractivity contribution in [2.75, 3.05) is 0 Å². The number of hydrogen-bond acceptors (Lipinski definition) is 2. The van der Waals surface area contributed by atoms with E-state index >= 15 is 0 Å². The number of para-hydroxylation sites is 1. The zero-order valence-corrected chi connectivity index (χ0v) is 35.6. The van der Waals surface area contributed by atoms with Gasteiger partial charge in [0.05, 0.1) is 26.7 Å². The monoisotopic (exact) mass is 1020 g/mol. The maximum atomic E-state index is 8.68. The zero-order chi connectivity index (χ0) is 44.0. The fourth-order valence-electron chi connectivity index (χ4n) is 7.55. The standard InChI is InChI=1S/C24H14BrNS.C19H12S.C6H4BrI.2CH4/c25-15-9-11-16(12-10-15)26-21-7-3-1-5-17(21)19-13-14-20-18-6-2-4-8-22(18)27-24(20)23(19)26;1-2-6-13-12(5-1)11-17-14(13)9-10-16-15-7-3-4-8-18(15)20-19(16)17;7-5-1-3-6(8)4-2-5;;/h1-14H;1-10H,11H2;1-4H;2*1H4/i9D,10D,11D,12D;;1D,2D,3D,4D;;. The van der Waals surface area contributed by atoms with Gasteiger partial charge in [-0.2, -0.15) is 0 Å². The fraction of sp³-hybridized carbons (Fsp3) is 0.0588. The molecule has 3 heterocycles. The van der Waals surface area contributed by atoms with Crippen molar-refractivity contribution in [2.45, 2.75) is 21.3 Å². The van der Waals surface area contributed by atoms with Crippen molar-refractivity contribution in [1.29, 1.82) is 0 Å². The minimum absolute atomic E-state index is 0. The third-order valence-electron chi connectivity index (χ3n) is 9.87. The van der Waals surface area contributed by atoms with Crippen molar-refractivity contribution in [2.24, 2.45) is 0 Å². The van der Waals surface area contributed by atoms with Gasteiger partial charge in [0, 0.05) is 71.0 Å². The average molecular weight is 1020 g/mol. The van der Waals surface area contributed by atoms with Gasteiger partial charge in [0.15, 0.2) is 0 Å². The van der Waals surface area contributed by atoms with Gasteiger partial charge in [-0.1, -0.05) is 150 Å². The van der Waals surface area contributed by atoms with Gasteiger partial charge in [0.1, 0.15) is 0 Å². The van der Waals surface area contributed by atoms with Crippen LogP contribution in [0.2, 0.25) is 0 Å². The van der Waals surface area contributed by atoms with E-state index in [0.29, 0.717) is 3.57 Å². The van der Waals surface area contributed by atoms with E-state index in [-0.39, 0.29) is 77.8 Å². The molecule has 1 nitrogen and oxygen atoms in total. The Kier molecular flexibility index (Phi) is 8.90. The Morgan fingerprint density at radius 3 is 1.74 bits per heavy atom. The van der Waals surface area contributed by atoms with Gasteiger partial charge in [-0.25, -0.2) is 0 Å². The molecular weight excluding hydrogens is 977 g/mol. The highest BCUT2D eigenvalue weighted by atomic mass is 127. The molecule has 0 fully saturated rings. The molecule has 0 radical (unpaired) electrons. The van der Waals surface area contributed by atoms with Crippen LogP contribution in [0.3, 0.4) is 0 Å². The summed E-state index contributed by atoms with van der Waals surface area (Å²) >= 11 is 11.6. The van der Waals surface area contributed by atoms with Crippen molar-refractivity contribution in [3.05, 3.63) is 193 Å². The van der Waals surface area contributed by atoms with Gasteiger partial charge >= 0.3 is 0 Å². The van der Waals surface area contributed by atoms with E-state index in [0.717, 1.165) is 38.3 Å². The molecule has 0 atom stereocenters. The molecular formula is C51H38Br2INS2. The summed E-state index contributed by atoms with van der Waals surface area (Å²) in [6, 6.07) is 42.3. The van der Waals surface area contributed by atoms with Crippen LogP contribution in [-0.4, -0.2) is 4.57 Å². The number of benzene rings is 8. The van der Waals surface area contributed by atoms with Gasteiger partial charge < -0.3 is 4.57 Å². The van der Waals surface area contributed by atoms with Crippen LogP contribution in [0.25, 0.3) is 79.0 Å². The summed E-state index contributed by atoms with van der Waals surface area (Å²) in [5.41, 5.74) is 7.89. The Morgan fingerprint density at radius 2 is 1.04 bits per heavy atom. The zero-order valence-electron chi connectivity index (χ0n) is 36.7. The lowest BCUT2D eigenvalue weighted by Crippen LogP contribution is -1.93. The maximum Gasteiger partial charge on any atom is 0.0719 e. The number of nitrogens with zero attached hydrogens (tertiary/aromatic N) is 1. The van der Waals surface area contributed by atoms with E-state index < -0.39 is 0 Å². The van der Waals surface area contributed by atoms with Gasteiger partial charge in [-0.15, -0.1) is 22.7 Å². The summed E-state index contributed by atoms with van der Waals surface area (Å²) in [6.07, 6.45) is 1.08. The minimum Gasteiger partial charge on any atom is -0.308 e. The van der Waals surface area contributed by atoms with Gasteiger partial charge in [-0.3, -0.25) is 0 Å². The normalized spacial score (nSPS) is 13.4. The molecule has 0 bridgehead atoms. The van der Waals surface area contributed by atoms with E-state index in [9.17, 15) is 0 Å². The molecule has 0 saturated heterocycles. The average Bonchev–Trinajstić information content (AvgIpc) is 4.08. The van der Waals surface area contributed by atoms with Crippen molar-refractivity contribution >= 4 is 139 Å². The Hall–Kier alpha value is -4.31. The first kappa shape index (κ1) is 30.7. The highest BCUT2D eigenvalue weighted by Crippen LogP contribution is 2.46. The first-order chi connectivity index (χ1) is 30.4. The maximum absolute atomic E-state index is 8.68. The van der Waals surface area contributed by atoms with Crippen LogP contribution in [-0.2, 0) is 6.42 Å². The number of halogens is 3. The van der Waals surface area contributed by atoms with Crippen molar-refractivity contribution in [1.82, 2.24) is 4.57 Å². The van der Waals surface area contributed by atoms with Crippen LogP contribution in [0.4, 0.5) is 0 Å². The van der Waals surface area contributed by atoms with Crippen LogP contribution in [0.5, 0.6) is 0 Å². The van der Waals surface area contributed by atoms with E-state index in [1.165, 1.54) is 52.5 Å². The lowest BCUT2D eigenvalue weighted by Gasteiger charge is -2.08. The lowest BCUT2D eigenvalue weighted by molar-refractivity contribution is 1.19. The predicted octanol–water partition coefficient (Wildman–Crippen LogP) is 17.9. The first-order valence-electron chi connectivity index (χ1n) is 21.4. The Bertz CT molecular complexity index is 3580. The van der Waals surface area contributed by atoms with Crippen molar-refractivity contribution < 1.29 is 11.0 Å². The van der Waals surface area contributed by atoms with E-state index in [1.54, 1.807) is 33.9 Å². The third kappa shape index (κ3) is 7.14. The van der Waals surface area contributed by atoms with E-state index in [4.69, 9.17) is 11.0 Å². The molecule has 11 aromatic rings. The van der Waals surface area contributed by atoms with Crippen LogP contribution in [0.15, 0.2) is 179 Å². The molecule has 0 saturated carbocycles. The number of hydrogen-bond donors (Lipinski definition) is 0. The smallest absolute Gasteiger partial charge is 0.0719 e. The lowest BCUT2D eigenvalue weighted by atomic mass is 10.0. The minimum atomic E-state index is -0.0783. The van der Waals surface area contributed by atoms with Crippen LogP contribution in [0, 0.1) is 3.57 Å². The molecule has 280 valence electrons. The molecule has 0 spiro atoms. The Morgan fingerprint density at radius 1 is 0.509 bits per heavy atom. The number of fused-ring (bicyclic) bond motifs is 14. The second-order valence-electron chi connectivity index (χ2n) is 13.0. The van der Waals surface area contributed by atoms with Crippen molar-refractivity contribution in [3.8, 4) is 16.8 Å². The fourth-order valence-corrected chi connectivity index (χ4v) is 10.7. The predicted molar refractivity (Wildman–Crippen MR) is 269 cm³/mol. The van der Waals surface area contributed by atoms with Crippen LogP contribution >= 0.6 is 77.1 Å². The van der Waals surface area contributed by atoms with Crippen LogP contribution in [0.1, 0.15) is 36.9 Å². The molecule has 0 amide bonds. The molecule has 1 aliphatic rings. The van der Waals surface area contributed by atoms with E-state index in [1.807, 2.05) is 52.3 Å². The molecule has 57 heavy (non-hydrogen) atoms. The molecule has 3 aromatic heterocycles. The quantitative estimate of drug-likeness (QED) is 0.144. The summed E-state index contributed by atoms with van der Waals surface area (Å²) in [4.78, 5) is 0. The number of rotatable bonds is 1. The first-order valence-corrected chi connectivity index (χ1v) is 21.7. The van der Waals surface area contributed by atoms with Crippen molar-refractivity contribution in [3.63, 3.8) is 0 Å². The second-order valence-corrected chi connectivity index (χ2v) is 17.7. The SMILES string of the molecule is C.C.[2H]c1c([2H])c(-n2c3ccccc3c3ccc4c5ccccc5sc4c32)c([2H])c([2H])c1Br.[2H]c1c([2H])c(I)c([2H])c([2H])c1Br.c1ccc2c(c1)Cc1c-2ccc2c1sc1ccccc12. The summed E-state index contributed by atoms with van der Waals surface area (Å²) in [5, 5.41) is 7.18. The third-order valence-corrected chi connectivity index (χ3v) is 13.6. The van der Waals surface area contributed by atoms with Gasteiger partial charge in [-0.05, 0) is 111 Å². The van der Waals surface area contributed by atoms with Gasteiger partial charge in [0.25, 0.3) is 0 Å². The molecule has 8 aromatic carbocycles. The largest absolute Gasteiger partial charge is 0.308 e. The van der Waals surface area contributed by atoms with Gasteiger partial charge in [0.2, 0.25) is 0 Å². The van der Waals surface area contributed by atoms with E-state index in [2.05, 4.69) is 117 Å². The summed E-state index contributed by atoms with van der Waals surface area (Å²) in [6.45, 7) is 0. The molecule has 0 N–H and O–H groups in total. The summed E-state index contributed by atoms with van der Waals surface area (Å²) in [5.74, 6) is 0. The molecule has 0 aliphatic heterocycles. The number of thiophene rings is 2. The summed E-state index contributed by atoms with van der Waals surface area (Å²) in [7, 11) is 0. The highest BCUT2D eigenvalue weighted by Gasteiger charge is 2.22. The van der Waals surface area contributed by atoms with Crippen LogP contribution < -0.4 is 0 Å². The molecule has 12 rings (SSSR count). The Balaban J connectivity index is 0.000000145. The Labute approximate surface area is 383 Å². The molecule has 0 unspecified atom stereocenters.